The monoisotopic (exact) mass is 338 g/mol. The Balaban J connectivity index is 1.36. The van der Waals surface area contributed by atoms with Crippen molar-refractivity contribution in [3.05, 3.63) is 35.5 Å². The Morgan fingerprint density at radius 1 is 1.16 bits per heavy atom. The van der Waals surface area contributed by atoms with Gasteiger partial charge in [-0.05, 0) is 55.7 Å². The van der Waals surface area contributed by atoms with Gasteiger partial charge in [0.25, 0.3) is 0 Å². The number of hydrogen-bond donors (Lipinski definition) is 2. The molecule has 2 heterocycles. The van der Waals surface area contributed by atoms with E-state index >= 15 is 0 Å². The van der Waals surface area contributed by atoms with Gasteiger partial charge in [-0.2, -0.15) is 0 Å². The van der Waals surface area contributed by atoms with E-state index in [4.69, 9.17) is 4.74 Å². The molecule has 1 saturated heterocycles. The minimum absolute atomic E-state index is 0.0149. The van der Waals surface area contributed by atoms with E-state index in [-0.39, 0.29) is 18.0 Å². The third kappa shape index (κ3) is 2.67. The normalized spacial score (nSPS) is 29.4. The van der Waals surface area contributed by atoms with Gasteiger partial charge in [0.1, 0.15) is 6.10 Å². The van der Waals surface area contributed by atoms with Crippen molar-refractivity contribution >= 4 is 16.9 Å². The molecular weight excluding hydrogens is 312 g/mol. The molecule has 3 atom stereocenters. The second kappa shape index (κ2) is 6.17. The summed E-state index contributed by atoms with van der Waals surface area (Å²) in [5.74, 6) is 0.411. The quantitative estimate of drug-likeness (QED) is 0.822. The van der Waals surface area contributed by atoms with Gasteiger partial charge in [-0.15, -0.1) is 0 Å². The van der Waals surface area contributed by atoms with Crippen LogP contribution in [0.2, 0.25) is 0 Å². The van der Waals surface area contributed by atoms with Gasteiger partial charge in [-0.1, -0.05) is 18.6 Å². The Morgan fingerprint density at radius 2 is 2.04 bits per heavy atom. The molecular formula is C21H26N2O2. The lowest BCUT2D eigenvalue weighted by Gasteiger charge is -2.40. The molecule has 2 N–H and O–H groups in total. The van der Waals surface area contributed by atoms with E-state index in [1.54, 1.807) is 0 Å². The maximum absolute atomic E-state index is 12.7. The highest BCUT2D eigenvalue weighted by molar-refractivity contribution is 5.88. The topological polar surface area (TPSA) is 54.1 Å². The van der Waals surface area contributed by atoms with Gasteiger partial charge in [0.15, 0.2) is 0 Å². The molecule has 0 amide bonds. The average Bonchev–Trinajstić information content (AvgIpc) is 3.07. The summed E-state index contributed by atoms with van der Waals surface area (Å²) in [5.41, 5.74) is 4.02. The van der Waals surface area contributed by atoms with Crippen LogP contribution in [0.25, 0.3) is 10.9 Å². The van der Waals surface area contributed by atoms with E-state index in [9.17, 15) is 4.79 Å². The number of rotatable bonds is 2. The fourth-order valence-corrected chi connectivity index (χ4v) is 5.16. The Morgan fingerprint density at radius 3 is 2.92 bits per heavy atom. The van der Waals surface area contributed by atoms with Gasteiger partial charge >= 0.3 is 5.97 Å². The van der Waals surface area contributed by atoms with E-state index in [0.29, 0.717) is 12.0 Å². The Hall–Kier alpha value is -1.81. The number of ether oxygens (including phenoxy) is 1. The SMILES string of the molecule is O=C(OC1CCCCC1)C1CN[C@@H]2Cc3c[nH]c4cccc(c34)[C@H]2C1. The number of carbonyl (C=O) groups excluding carboxylic acids is 1. The first-order chi connectivity index (χ1) is 12.3. The van der Waals surface area contributed by atoms with Crippen LogP contribution in [0.15, 0.2) is 24.4 Å². The standard InChI is InChI=1S/C21H26N2O2/c24-21(25-15-5-2-1-3-6-15)14-9-17-16-7-4-8-18-20(16)13(11-22-18)10-19(17)23-12-14/h4,7-8,11,14-15,17,19,22-23H,1-3,5-6,9-10,12H2/t14?,17-,19-/m1/s1. The molecule has 2 fully saturated rings. The van der Waals surface area contributed by atoms with E-state index in [2.05, 4.69) is 34.7 Å². The minimum Gasteiger partial charge on any atom is -0.462 e. The zero-order valence-corrected chi connectivity index (χ0v) is 14.6. The lowest BCUT2D eigenvalue weighted by Crippen LogP contribution is -2.49. The van der Waals surface area contributed by atoms with Crippen LogP contribution < -0.4 is 5.32 Å². The number of fused-ring (bicyclic) bond motifs is 2. The molecule has 5 rings (SSSR count). The number of carbonyl (C=O) groups is 1. The smallest absolute Gasteiger partial charge is 0.310 e. The second-order valence-corrected chi connectivity index (χ2v) is 8.04. The third-order valence-electron chi connectivity index (χ3n) is 6.48. The predicted molar refractivity (Wildman–Crippen MR) is 97.6 cm³/mol. The summed E-state index contributed by atoms with van der Waals surface area (Å²) in [6.45, 7) is 0.752. The highest BCUT2D eigenvalue weighted by atomic mass is 16.5. The van der Waals surface area contributed by atoms with Crippen molar-refractivity contribution in [2.24, 2.45) is 5.92 Å². The molecule has 0 radical (unpaired) electrons. The Bertz CT molecular complexity index is 790. The van der Waals surface area contributed by atoms with Crippen LogP contribution in [-0.4, -0.2) is 29.6 Å². The van der Waals surface area contributed by atoms with Gasteiger partial charge in [0.2, 0.25) is 0 Å². The fraction of sp³-hybridized carbons (Fsp3) is 0.571. The molecule has 0 spiro atoms. The first-order valence-electron chi connectivity index (χ1n) is 9.82. The first-order valence-corrected chi connectivity index (χ1v) is 9.82. The van der Waals surface area contributed by atoms with E-state index in [0.717, 1.165) is 32.2 Å². The summed E-state index contributed by atoms with van der Waals surface area (Å²) in [6, 6.07) is 6.96. The number of aromatic amines is 1. The third-order valence-corrected chi connectivity index (χ3v) is 6.48. The molecule has 2 aliphatic carbocycles. The number of piperidine rings is 1. The maximum atomic E-state index is 12.7. The molecule has 3 aliphatic rings. The lowest BCUT2D eigenvalue weighted by molar-refractivity contribution is -0.156. The van der Waals surface area contributed by atoms with Crippen LogP contribution >= 0.6 is 0 Å². The van der Waals surface area contributed by atoms with Gasteiger partial charge < -0.3 is 15.0 Å². The molecule has 1 aliphatic heterocycles. The largest absolute Gasteiger partial charge is 0.462 e. The number of aromatic nitrogens is 1. The molecule has 132 valence electrons. The number of nitrogens with one attached hydrogen (secondary N) is 2. The highest BCUT2D eigenvalue weighted by Crippen LogP contribution is 2.42. The summed E-state index contributed by atoms with van der Waals surface area (Å²) in [4.78, 5) is 16.1. The van der Waals surface area contributed by atoms with E-state index in [1.165, 1.54) is 41.3 Å². The van der Waals surface area contributed by atoms with Gasteiger partial charge in [-0.25, -0.2) is 0 Å². The zero-order chi connectivity index (χ0) is 16.8. The fourth-order valence-electron chi connectivity index (χ4n) is 5.16. The molecule has 25 heavy (non-hydrogen) atoms. The van der Waals surface area contributed by atoms with Crippen molar-refractivity contribution in [1.82, 2.24) is 10.3 Å². The van der Waals surface area contributed by atoms with Crippen LogP contribution in [-0.2, 0) is 16.0 Å². The van der Waals surface area contributed by atoms with Gasteiger partial charge in [-0.3, -0.25) is 4.79 Å². The number of esters is 1. The van der Waals surface area contributed by atoms with Crippen molar-refractivity contribution in [2.75, 3.05) is 6.54 Å². The minimum atomic E-state index is -0.0149. The molecule has 4 nitrogen and oxygen atoms in total. The summed E-state index contributed by atoms with van der Waals surface area (Å²) >= 11 is 0. The van der Waals surface area contributed by atoms with Crippen molar-refractivity contribution < 1.29 is 9.53 Å². The molecule has 2 aromatic rings. The predicted octanol–water partition coefficient (Wildman–Crippen LogP) is 3.66. The molecule has 1 saturated carbocycles. The number of H-pyrrole nitrogens is 1. The van der Waals surface area contributed by atoms with Crippen molar-refractivity contribution in [3.63, 3.8) is 0 Å². The molecule has 1 aromatic heterocycles. The first kappa shape index (κ1) is 15.4. The number of benzene rings is 1. The Kier molecular flexibility index (Phi) is 3.81. The van der Waals surface area contributed by atoms with E-state index < -0.39 is 0 Å². The van der Waals surface area contributed by atoms with Crippen LogP contribution in [0, 0.1) is 5.92 Å². The van der Waals surface area contributed by atoms with Gasteiger partial charge in [0.05, 0.1) is 5.92 Å². The zero-order valence-electron chi connectivity index (χ0n) is 14.6. The van der Waals surface area contributed by atoms with Crippen molar-refractivity contribution in [2.45, 2.75) is 63.0 Å². The summed E-state index contributed by atoms with van der Waals surface area (Å²) in [7, 11) is 0. The average molecular weight is 338 g/mol. The maximum Gasteiger partial charge on any atom is 0.310 e. The summed E-state index contributed by atoms with van der Waals surface area (Å²) < 4.78 is 5.85. The van der Waals surface area contributed by atoms with Crippen molar-refractivity contribution in [1.29, 1.82) is 0 Å². The Labute approximate surface area is 148 Å². The molecule has 1 unspecified atom stereocenters. The van der Waals surface area contributed by atoms with Crippen LogP contribution in [0.4, 0.5) is 0 Å². The van der Waals surface area contributed by atoms with E-state index in [1.807, 2.05) is 0 Å². The molecule has 4 heteroatoms. The van der Waals surface area contributed by atoms with Crippen molar-refractivity contribution in [3.8, 4) is 0 Å². The van der Waals surface area contributed by atoms with Crippen LogP contribution in [0.3, 0.4) is 0 Å². The molecule has 1 aromatic carbocycles. The van der Waals surface area contributed by atoms with Crippen LogP contribution in [0.5, 0.6) is 0 Å². The van der Waals surface area contributed by atoms with Crippen LogP contribution in [0.1, 0.15) is 55.6 Å². The lowest BCUT2D eigenvalue weighted by atomic mass is 9.73. The van der Waals surface area contributed by atoms with Gasteiger partial charge in [0, 0.05) is 35.6 Å². The highest BCUT2D eigenvalue weighted by Gasteiger charge is 2.39. The summed E-state index contributed by atoms with van der Waals surface area (Å²) in [5, 5.41) is 5.03. The second-order valence-electron chi connectivity index (χ2n) is 8.04. The summed E-state index contributed by atoms with van der Waals surface area (Å²) in [6.07, 6.45) is 10.0. The number of hydrogen-bond acceptors (Lipinski definition) is 3. The molecule has 0 bridgehead atoms.